The minimum absolute atomic E-state index is 0.0150. The Hall–Kier alpha value is -2.27. The van der Waals surface area contributed by atoms with Gasteiger partial charge in [0, 0.05) is 17.4 Å². The van der Waals surface area contributed by atoms with Crippen molar-refractivity contribution in [1.29, 1.82) is 0 Å². The monoisotopic (exact) mass is 354 g/mol. The third kappa shape index (κ3) is 3.71. The number of hydrogen-bond acceptors (Lipinski definition) is 4. The van der Waals surface area contributed by atoms with Crippen LogP contribution in [0.2, 0.25) is 0 Å². The Morgan fingerprint density at radius 3 is 2.60 bits per heavy atom. The van der Waals surface area contributed by atoms with E-state index in [1.807, 2.05) is 63.2 Å². The van der Waals surface area contributed by atoms with Crippen molar-refractivity contribution in [2.75, 3.05) is 6.61 Å². The number of para-hydroxylation sites is 2. The van der Waals surface area contributed by atoms with Crippen LogP contribution < -0.4 is 10.3 Å². The van der Waals surface area contributed by atoms with Crippen molar-refractivity contribution in [1.82, 2.24) is 9.55 Å². The molecular formula is C20H22N2O2S. The quantitative estimate of drug-likeness (QED) is 0.477. The van der Waals surface area contributed by atoms with E-state index in [2.05, 4.69) is 6.07 Å². The predicted molar refractivity (Wildman–Crippen MR) is 104 cm³/mol. The summed E-state index contributed by atoms with van der Waals surface area (Å²) in [4.78, 5) is 17.6. The molecule has 0 aliphatic rings. The van der Waals surface area contributed by atoms with Gasteiger partial charge < -0.3 is 4.74 Å². The third-order valence-electron chi connectivity index (χ3n) is 3.92. The number of hydrogen-bond donors (Lipinski definition) is 0. The number of benzene rings is 2. The summed E-state index contributed by atoms with van der Waals surface area (Å²) in [7, 11) is 0. The first kappa shape index (κ1) is 17.5. The van der Waals surface area contributed by atoms with Crippen LogP contribution in [0.1, 0.15) is 32.4 Å². The normalized spacial score (nSPS) is 11.2. The van der Waals surface area contributed by atoms with Crippen molar-refractivity contribution in [3.63, 3.8) is 0 Å². The first-order valence-electron chi connectivity index (χ1n) is 8.46. The summed E-state index contributed by atoms with van der Waals surface area (Å²) in [6, 6.07) is 15.6. The van der Waals surface area contributed by atoms with Crippen molar-refractivity contribution in [3.8, 4) is 5.75 Å². The SMILES string of the molecule is CCOc1ccccc1CSc1nc2ccccc2c(=O)n1C(C)C. The maximum absolute atomic E-state index is 12.9. The molecular weight excluding hydrogens is 332 g/mol. The molecule has 0 N–H and O–H groups in total. The van der Waals surface area contributed by atoms with E-state index in [1.165, 1.54) is 0 Å². The molecule has 0 aliphatic heterocycles. The smallest absolute Gasteiger partial charge is 0.262 e. The highest BCUT2D eigenvalue weighted by Gasteiger charge is 2.14. The summed E-state index contributed by atoms with van der Waals surface area (Å²) in [5, 5.41) is 1.40. The van der Waals surface area contributed by atoms with Gasteiger partial charge in [0.2, 0.25) is 0 Å². The molecule has 2 aromatic carbocycles. The molecule has 0 fully saturated rings. The highest BCUT2D eigenvalue weighted by atomic mass is 32.2. The molecule has 5 heteroatoms. The highest BCUT2D eigenvalue weighted by Crippen LogP contribution is 2.28. The van der Waals surface area contributed by atoms with Crippen molar-refractivity contribution in [2.24, 2.45) is 0 Å². The maximum atomic E-state index is 12.9. The second-order valence-corrected chi connectivity index (χ2v) is 6.95. The van der Waals surface area contributed by atoms with Crippen LogP contribution in [0.25, 0.3) is 10.9 Å². The van der Waals surface area contributed by atoms with Crippen molar-refractivity contribution in [3.05, 3.63) is 64.4 Å². The van der Waals surface area contributed by atoms with Crippen molar-refractivity contribution >= 4 is 22.7 Å². The Kier molecular flexibility index (Phi) is 5.43. The standard InChI is InChI=1S/C20H22N2O2S/c1-4-24-18-12-8-5-9-15(18)13-25-20-21-17-11-7-6-10-16(17)19(23)22(20)14(2)3/h5-12,14H,4,13H2,1-3H3. The molecule has 25 heavy (non-hydrogen) atoms. The van der Waals surface area contributed by atoms with Crippen LogP contribution in [0.3, 0.4) is 0 Å². The molecule has 3 aromatic rings. The fourth-order valence-corrected chi connectivity index (χ4v) is 3.86. The average Bonchev–Trinajstić information content (AvgIpc) is 2.61. The Labute approximate surface area is 151 Å². The minimum atomic E-state index is 0.0150. The summed E-state index contributed by atoms with van der Waals surface area (Å²) in [6.45, 7) is 6.63. The van der Waals surface area contributed by atoms with Crippen LogP contribution in [0, 0.1) is 0 Å². The Bertz CT molecular complexity index is 934. The average molecular weight is 354 g/mol. The Morgan fingerprint density at radius 2 is 1.84 bits per heavy atom. The molecule has 0 saturated carbocycles. The van der Waals surface area contributed by atoms with Gasteiger partial charge in [-0.25, -0.2) is 4.98 Å². The second kappa shape index (κ2) is 7.74. The number of aromatic nitrogens is 2. The molecule has 1 heterocycles. The van der Waals surface area contributed by atoms with E-state index in [0.717, 1.165) is 22.0 Å². The first-order chi connectivity index (χ1) is 12.1. The van der Waals surface area contributed by atoms with Gasteiger partial charge in [0.1, 0.15) is 5.75 Å². The summed E-state index contributed by atoms with van der Waals surface area (Å²) in [5.41, 5.74) is 1.86. The van der Waals surface area contributed by atoms with E-state index in [9.17, 15) is 4.79 Å². The molecule has 130 valence electrons. The number of thioether (sulfide) groups is 1. The summed E-state index contributed by atoms with van der Waals surface area (Å²) in [5.74, 6) is 1.59. The number of nitrogens with zero attached hydrogens (tertiary/aromatic N) is 2. The van der Waals surface area contributed by atoms with E-state index in [0.29, 0.717) is 17.7 Å². The summed E-state index contributed by atoms with van der Waals surface area (Å²) < 4.78 is 7.47. The van der Waals surface area contributed by atoms with Crippen LogP contribution in [0.15, 0.2) is 58.5 Å². The molecule has 0 spiro atoms. The van der Waals surface area contributed by atoms with Crippen molar-refractivity contribution < 1.29 is 4.74 Å². The zero-order valence-corrected chi connectivity index (χ0v) is 15.5. The van der Waals surface area contributed by atoms with Crippen molar-refractivity contribution in [2.45, 2.75) is 37.7 Å². The Morgan fingerprint density at radius 1 is 1.12 bits per heavy atom. The van der Waals surface area contributed by atoms with Gasteiger partial charge in [-0.1, -0.05) is 42.1 Å². The molecule has 1 aromatic heterocycles. The summed E-state index contributed by atoms with van der Waals surface area (Å²) in [6.07, 6.45) is 0. The van der Waals surface area contributed by atoms with E-state index in [-0.39, 0.29) is 11.6 Å². The lowest BCUT2D eigenvalue weighted by atomic mass is 10.2. The maximum Gasteiger partial charge on any atom is 0.262 e. The van der Waals surface area contributed by atoms with Crippen LogP contribution in [0.4, 0.5) is 0 Å². The lowest BCUT2D eigenvalue weighted by molar-refractivity contribution is 0.337. The van der Waals surface area contributed by atoms with Gasteiger partial charge in [0.15, 0.2) is 5.16 Å². The van der Waals surface area contributed by atoms with E-state index in [1.54, 1.807) is 16.3 Å². The number of fused-ring (bicyclic) bond motifs is 1. The van der Waals surface area contributed by atoms with Gasteiger partial charge >= 0.3 is 0 Å². The summed E-state index contributed by atoms with van der Waals surface area (Å²) >= 11 is 1.57. The van der Waals surface area contributed by atoms with E-state index in [4.69, 9.17) is 9.72 Å². The first-order valence-corrected chi connectivity index (χ1v) is 9.45. The molecule has 0 radical (unpaired) electrons. The fourth-order valence-electron chi connectivity index (χ4n) is 2.74. The zero-order chi connectivity index (χ0) is 17.8. The zero-order valence-electron chi connectivity index (χ0n) is 14.7. The largest absolute Gasteiger partial charge is 0.494 e. The second-order valence-electron chi connectivity index (χ2n) is 6.01. The third-order valence-corrected chi connectivity index (χ3v) is 4.92. The van der Waals surface area contributed by atoms with E-state index < -0.39 is 0 Å². The fraction of sp³-hybridized carbons (Fsp3) is 0.300. The predicted octanol–water partition coefficient (Wildman–Crippen LogP) is 4.67. The van der Waals surface area contributed by atoms with Gasteiger partial charge in [-0.15, -0.1) is 0 Å². The molecule has 0 atom stereocenters. The van der Waals surface area contributed by atoms with E-state index >= 15 is 0 Å². The van der Waals surface area contributed by atoms with Crippen LogP contribution in [-0.4, -0.2) is 16.2 Å². The lowest BCUT2D eigenvalue weighted by Gasteiger charge is -2.16. The number of ether oxygens (including phenoxy) is 1. The minimum Gasteiger partial charge on any atom is -0.494 e. The topological polar surface area (TPSA) is 44.1 Å². The molecule has 0 amide bonds. The molecule has 0 aliphatic carbocycles. The molecule has 0 bridgehead atoms. The van der Waals surface area contributed by atoms with Gasteiger partial charge in [-0.05, 0) is 39.0 Å². The van der Waals surface area contributed by atoms with Crippen LogP contribution in [-0.2, 0) is 5.75 Å². The molecule has 4 nitrogen and oxygen atoms in total. The molecule has 3 rings (SSSR count). The van der Waals surface area contributed by atoms with Gasteiger partial charge in [0.25, 0.3) is 5.56 Å². The highest BCUT2D eigenvalue weighted by molar-refractivity contribution is 7.98. The molecule has 0 saturated heterocycles. The lowest BCUT2D eigenvalue weighted by Crippen LogP contribution is -2.25. The van der Waals surface area contributed by atoms with Gasteiger partial charge in [0.05, 0.1) is 17.5 Å². The number of rotatable bonds is 6. The Balaban J connectivity index is 1.99. The van der Waals surface area contributed by atoms with Crippen LogP contribution in [0.5, 0.6) is 5.75 Å². The van der Waals surface area contributed by atoms with Crippen LogP contribution >= 0.6 is 11.8 Å². The molecule has 0 unspecified atom stereocenters. The van der Waals surface area contributed by atoms with Gasteiger partial charge in [-0.3, -0.25) is 9.36 Å². The van der Waals surface area contributed by atoms with Gasteiger partial charge in [-0.2, -0.15) is 0 Å².